The fourth-order valence-corrected chi connectivity index (χ4v) is 2.76. The molecule has 8 nitrogen and oxygen atoms in total. The molecular formula is C15H20O8. The molecule has 2 fully saturated rings. The highest BCUT2D eigenvalue weighted by atomic mass is 16.7. The quantitative estimate of drug-likeness (QED) is 0.418. The molecule has 0 aliphatic carbocycles. The van der Waals surface area contributed by atoms with E-state index in [0.29, 0.717) is 5.57 Å². The largest absolute Gasteiger partial charge is 0.463 e. The molecule has 4 atom stereocenters. The van der Waals surface area contributed by atoms with Gasteiger partial charge in [0.2, 0.25) is 6.29 Å². The lowest BCUT2D eigenvalue weighted by Crippen LogP contribution is -2.58. The smallest absolute Gasteiger partial charge is 0.303 e. The molecule has 2 aliphatic heterocycles. The Morgan fingerprint density at radius 2 is 1.91 bits per heavy atom. The Morgan fingerprint density at radius 1 is 1.22 bits per heavy atom. The maximum Gasteiger partial charge on any atom is 0.303 e. The lowest BCUT2D eigenvalue weighted by Gasteiger charge is -2.43. The van der Waals surface area contributed by atoms with Crippen molar-refractivity contribution < 1.29 is 38.1 Å². The minimum Gasteiger partial charge on any atom is -0.463 e. The Hall–Kier alpha value is -1.93. The summed E-state index contributed by atoms with van der Waals surface area (Å²) < 4.78 is 26.8. The molecule has 0 N–H and O–H groups in total. The summed E-state index contributed by atoms with van der Waals surface area (Å²) in [4.78, 5) is 33.8. The minimum atomic E-state index is -1.21. The zero-order valence-corrected chi connectivity index (χ0v) is 13.3. The first-order chi connectivity index (χ1) is 10.7. The van der Waals surface area contributed by atoms with Gasteiger partial charge in [-0.05, 0) is 5.57 Å². The van der Waals surface area contributed by atoms with E-state index in [-0.39, 0.29) is 19.6 Å². The maximum atomic E-state index is 11.5. The summed E-state index contributed by atoms with van der Waals surface area (Å²) in [6.45, 7) is 7.71. The number of esters is 3. The van der Waals surface area contributed by atoms with E-state index in [9.17, 15) is 14.4 Å². The van der Waals surface area contributed by atoms with Gasteiger partial charge in [-0.25, -0.2) is 0 Å². The van der Waals surface area contributed by atoms with E-state index in [2.05, 4.69) is 6.58 Å². The van der Waals surface area contributed by atoms with Crippen LogP contribution < -0.4 is 0 Å². The molecule has 0 saturated carbocycles. The lowest BCUT2D eigenvalue weighted by molar-refractivity contribution is -0.278. The van der Waals surface area contributed by atoms with Crippen molar-refractivity contribution in [1.29, 1.82) is 0 Å². The van der Waals surface area contributed by atoms with Crippen molar-refractivity contribution in [1.82, 2.24) is 0 Å². The molecule has 0 aromatic rings. The Morgan fingerprint density at radius 3 is 2.48 bits per heavy atom. The summed E-state index contributed by atoms with van der Waals surface area (Å²) in [5.74, 6) is -1.53. The summed E-state index contributed by atoms with van der Waals surface area (Å²) in [6, 6.07) is 0. The zero-order valence-electron chi connectivity index (χ0n) is 13.3. The Labute approximate surface area is 133 Å². The molecule has 23 heavy (non-hydrogen) atoms. The van der Waals surface area contributed by atoms with E-state index in [1.807, 2.05) is 0 Å². The Balaban J connectivity index is 2.23. The number of rotatable bonds is 4. The van der Waals surface area contributed by atoms with Crippen LogP contribution in [0.5, 0.6) is 0 Å². The number of ether oxygens (including phenoxy) is 5. The Kier molecular flexibility index (Phi) is 5.06. The third kappa shape index (κ3) is 3.70. The SMILES string of the molecule is C=C1CO[C@H]2O[C@H](COC(C)=O)[C@@H](OC(C)=O)C[C@@]12OC(C)=O. The molecule has 2 aliphatic rings. The van der Waals surface area contributed by atoms with Gasteiger partial charge in [0.05, 0.1) is 6.61 Å². The highest BCUT2D eigenvalue weighted by Crippen LogP contribution is 2.44. The van der Waals surface area contributed by atoms with Crippen molar-refractivity contribution in [3.63, 3.8) is 0 Å². The topological polar surface area (TPSA) is 97.4 Å². The number of carbonyl (C=O) groups is 3. The second-order valence-electron chi connectivity index (χ2n) is 5.56. The summed E-state index contributed by atoms with van der Waals surface area (Å²) in [6.07, 6.45) is -2.24. The molecular weight excluding hydrogens is 308 g/mol. The van der Waals surface area contributed by atoms with Gasteiger partial charge in [0, 0.05) is 27.2 Å². The van der Waals surface area contributed by atoms with E-state index in [0.717, 1.165) is 0 Å². The molecule has 8 heteroatoms. The standard InChI is InChI=1S/C15H20O8/c1-8-6-20-14-15(8,23-11(4)18)5-12(21-10(3)17)13(22-14)7-19-9(2)16/h12-14H,1,5-7H2,2-4H3/t12-,13+,14-,15+/m0/s1. The highest BCUT2D eigenvalue weighted by molar-refractivity contribution is 5.68. The van der Waals surface area contributed by atoms with Crippen molar-refractivity contribution in [2.45, 2.75) is 51.3 Å². The lowest BCUT2D eigenvalue weighted by atomic mass is 9.85. The van der Waals surface area contributed by atoms with Crippen LogP contribution in [-0.4, -0.2) is 55.2 Å². The van der Waals surface area contributed by atoms with Gasteiger partial charge in [-0.1, -0.05) is 6.58 Å². The highest BCUT2D eigenvalue weighted by Gasteiger charge is 2.58. The summed E-state index contributed by atoms with van der Waals surface area (Å²) >= 11 is 0. The van der Waals surface area contributed by atoms with Gasteiger partial charge in [-0.15, -0.1) is 0 Å². The van der Waals surface area contributed by atoms with E-state index < -0.39 is 42.0 Å². The molecule has 0 amide bonds. The third-order valence-corrected chi connectivity index (χ3v) is 3.70. The average molecular weight is 328 g/mol. The number of carbonyl (C=O) groups excluding carboxylic acids is 3. The van der Waals surface area contributed by atoms with Crippen molar-refractivity contribution >= 4 is 17.9 Å². The fourth-order valence-electron chi connectivity index (χ4n) is 2.76. The summed E-state index contributed by atoms with van der Waals surface area (Å²) in [5.41, 5.74) is -0.681. The van der Waals surface area contributed by atoms with Crippen LogP contribution in [0.3, 0.4) is 0 Å². The molecule has 2 heterocycles. The zero-order chi connectivity index (χ0) is 17.2. The van der Waals surface area contributed by atoms with Gasteiger partial charge in [0.25, 0.3) is 0 Å². The monoisotopic (exact) mass is 328 g/mol. The van der Waals surface area contributed by atoms with E-state index in [1.54, 1.807) is 0 Å². The van der Waals surface area contributed by atoms with Gasteiger partial charge in [0.15, 0.2) is 5.60 Å². The average Bonchev–Trinajstić information content (AvgIpc) is 2.71. The maximum absolute atomic E-state index is 11.5. The second-order valence-corrected chi connectivity index (χ2v) is 5.56. The predicted molar refractivity (Wildman–Crippen MR) is 75.1 cm³/mol. The van der Waals surface area contributed by atoms with Crippen LogP contribution in [0.2, 0.25) is 0 Å². The number of hydrogen-bond acceptors (Lipinski definition) is 8. The van der Waals surface area contributed by atoms with Crippen molar-refractivity contribution in [2.75, 3.05) is 13.2 Å². The van der Waals surface area contributed by atoms with Gasteiger partial charge in [-0.3, -0.25) is 14.4 Å². The molecule has 0 unspecified atom stereocenters. The molecule has 128 valence electrons. The van der Waals surface area contributed by atoms with Gasteiger partial charge in [-0.2, -0.15) is 0 Å². The normalized spacial score (nSPS) is 32.8. The third-order valence-electron chi connectivity index (χ3n) is 3.70. The number of hydrogen-bond donors (Lipinski definition) is 0. The van der Waals surface area contributed by atoms with E-state index >= 15 is 0 Å². The first-order valence-electron chi connectivity index (χ1n) is 7.20. The molecule has 0 aromatic heterocycles. The van der Waals surface area contributed by atoms with Crippen LogP contribution >= 0.6 is 0 Å². The van der Waals surface area contributed by atoms with Crippen molar-refractivity contribution in [2.24, 2.45) is 0 Å². The molecule has 2 rings (SSSR count). The van der Waals surface area contributed by atoms with Gasteiger partial charge in [0.1, 0.15) is 18.8 Å². The Bertz CT molecular complexity index is 528. The summed E-state index contributed by atoms with van der Waals surface area (Å²) in [7, 11) is 0. The van der Waals surface area contributed by atoms with Crippen molar-refractivity contribution in [3.8, 4) is 0 Å². The van der Waals surface area contributed by atoms with Crippen LogP contribution in [-0.2, 0) is 38.1 Å². The minimum absolute atomic E-state index is 0.101. The molecule has 0 spiro atoms. The van der Waals surface area contributed by atoms with E-state index in [1.165, 1.54) is 20.8 Å². The number of fused-ring (bicyclic) bond motifs is 1. The first kappa shape index (κ1) is 17.4. The molecule has 0 radical (unpaired) electrons. The van der Waals surface area contributed by atoms with Gasteiger partial charge >= 0.3 is 17.9 Å². The molecule has 2 saturated heterocycles. The van der Waals surface area contributed by atoms with Crippen molar-refractivity contribution in [3.05, 3.63) is 12.2 Å². The predicted octanol–water partition coefficient (Wildman–Crippen LogP) is 0.484. The van der Waals surface area contributed by atoms with Gasteiger partial charge < -0.3 is 23.7 Å². The van der Waals surface area contributed by atoms with Crippen LogP contribution in [0.4, 0.5) is 0 Å². The second kappa shape index (κ2) is 6.67. The van der Waals surface area contributed by atoms with E-state index in [4.69, 9.17) is 23.7 Å². The molecule has 0 bridgehead atoms. The fraction of sp³-hybridized carbons (Fsp3) is 0.667. The van der Waals surface area contributed by atoms with Crippen LogP contribution in [0.1, 0.15) is 27.2 Å². The van der Waals surface area contributed by atoms with Crippen LogP contribution in [0.25, 0.3) is 0 Å². The molecule has 0 aromatic carbocycles. The van der Waals surface area contributed by atoms with Crippen LogP contribution in [0.15, 0.2) is 12.2 Å². The van der Waals surface area contributed by atoms with Crippen LogP contribution in [0, 0.1) is 0 Å². The first-order valence-corrected chi connectivity index (χ1v) is 7.20. The summed E-state index contributed by atoms with van der Waals surface area (Å²) in [5, 5.41) is 0.